The van der Waals surface area contributed by atoms with Gasteiger partial charge in [-0.1, -0.05) is 12.1 Å². The van der Waals surface area contributed by atoms with Crippen LogP contribution in [-0.4, -0.2) is 23.4 Å². The van der Waals surface area contributed by atoms with Gasteiger partial charge in [-0.2, -0.15) is 0 Å². The summed E-state index contributed by atoms with van der Waals surface area (Å²) in [5.74, 6) is -4.39. The molecule has 0 heterocycles. The summed E-state index contributed by atoms with van der Waals surface area (Å²) < 4.78 is 87.7. The Morgan fingerprint density at radius 2 is 1.44 bits per heavy atom. The Balaban J connectivity index is 2.07. The van der Waals surface area contributed by atoms with E-state index >= 15 is 0 Å². The smallest absolute Gasteiger partial charge is 0.225 e. The van der Waals surface area contributed by atoms with Crippen LogP contribution in [0.1, 0.15) is 5.56 Å². The predicted molar refractivity (Wildman–Crippen MR) is 83.0 cm³/mol. The van der Waals surface area contributed by atoms with Crippen LogP contribution in [0.2, 0.25) is 0 Å². The van der Waals surface area contributed by atoms with Gasteiger partial charge < -0.3 is 0 Å². The second-order valence-electron chi connectivity index (χ2n) is 5.03. The molecule has 2 rings (SSSR count). The van der Waals surface area contributed by atoms with Gasteiger partial charge in [-0.25, -0.2) is 39.9 Å². The molecule has 136 valence electrons. The zero-order valence-electron chi connectivity index (χ0n) is 12.5. The Morgan fingerprint density at radius 1 is 0.880 bits per heavy atom. The molecule has 0 spiro atoms. The van der Waals surface area contributed by atoms with Crippen molar-refractivity contribution in [3.8, 4) is 0 Å². The SMILES string of the molecule is NS(=O)(=O)c1ccc(CCNS(=O)(=O)c2cc(F)c(F)cc2F)cc1. The van der Waals surface area contributed by atoms with Gasteiger partial charge in [0.15, 0.2) is 11.6 Å². The maximum absolute atomic E-state index is 13.5. The molecule has 0 aliphatic rings. The van der Waals surface area contributed by atoms with Crippen LogP contribution in [0, 0.1) is 17.5 Å². The van der Waals surface area contributed by atoms with Gasteiger partial charge >= 0.3 is 0 Å². The van der Waals surface area contributed by atoms with Crippen molar-refractivity contribution in [2.75, 3.05) is 6.54 Å². The lowest BCUT2D eigenvalue weighted by Gasteiger charge is -2.08. The van der Waals surface area contributed by atoms with Crippen molar-refractivity contribution in [3.63, 3.8) is 0 Å². The van der Waals surface area contributed by atoms with Crippen molar-refractivity contribution >= 4 is 20.0 Å². The van der Waals surface area contributed by atoms with E-state index in [1.807, 2.05) is 0 Å². The van der Waals surface area contributed by atoms with Crippen molar-refractivity contribution in [1.82, 2.24) is 4.72 Å². The molecule has 2 aromatic carbocycles. The molecule has 11 heteroatoms. The average molecular weight is 394 g/mol. The van der Waals surface area contributed by atoms with Gasteiger partial charge in [-0.05, 0) is 30.2 Å². The third kappa shape index (κ3) is 4.78. The maximum Gasteiger partial charge on any atom is 0.243 e. The Morgan fingerprint density at radius 3 is 2.00 bits per heavy atom. The van der Waals surface area contributed by atoms with Gasteiger partial charge in [0.05, 0.1) is 4.90 Å². The van der Waals surface area contributed by atoms with Crippen LogP contribution in [0.15, 0.2) is 46.2 Å². The summed E-state index contributed by atoms with van der Waals surface area (Å²) >= 11 is 0. The lowest BCUT2D eigenvalue weighted by atomic mass is 10.2. The highest BCUT2D eigenvalue weighted by Gasteiger charge is 2.21. The molecular weight excluding hydrogens is 381 g/mol. The van der Waals surface area contributed by atoms with E-state index in [0.717, 1.165) is 0 Å². The molecule has 2 aromatic rings. The first kappa shape index (κ1) is 19.4. The molecule has 0 atom stereocenters. The maximum atomic E-state index is 13.5. The van der Waals surface area contributed by atoms with Crippen LogP contribution in [0.4, 0.5) is 13.2 Å². The van der Waals surface area contributed by atoms with Gasteiger partial charge in [0.25, 0.3) is 0 Å². The standard InChI is InChI=1S/C14H13F3N2O4S2/c15-11-7-13(17)14(8-12(11)16)25(22,23)19-6-5-9-1-3-10(4-2-9)24(18,20)21/h1-4,7-8,19H,5-6H2,(H2,18,20,21). The summed E-state index contributed by atoms with van der Waals surface area (Å²) in [7, 11) is -8.21. The summed E-state index contributed by atoms with van der Waals surface area (Å²) in [5.41, 5.74) is 0.584. The predicted octanol–water partition coefficient (Wildman–Crippen LogP) is 1.27. The quantitative estimate of drug-likeness (QED) is 0.720. The number of nitrogens with two attached hydrogens (primary N) is 1. The first-order chi connectivity index (χ1) is 11.5. The molecule has 6 nitrogen and oxygen atoms in total. The number of halogens is 3. The van der Waals surface area contributed by atoms with Gasteiger partial charge in [0.2, 0.25) is 20.0 Å². The molecule has 25 heavy (non-hydrogen) atoms. The van der Waals surface area contributed by atoms with Gasteiger partial charge in [-0.15, -0.1) is 0 Å². The number of primary sulfonamides is 1. The number of hydrogen-bond acceptors (Lipinski definition) is 4. The molecule has 0 bridgehead atoms. The van der Waals surface area contributed by atoms with Crippen LogP contribution < -0.4 is 9.86 Å². The molecule has 3 N–H and O–H groups in total. The van der Waals surface area contributed by atoms with E-state index in [1.165, 1.54) is 24.3 Å². The lowest BCUT2D eigenvalue weighted by Crippen LogP contribution is -2.27. The number of sulfonamides is 2. The van der Waals surface area contributed by atoms with Crippen LogP contribution in [-0.2, 0) is 26.5 Å². The first-order valence-corrected chi connectivity index (χ1v) is 9.79. The summed E-state index contributed by atoms with van der Waals surface area (Å²) in [6, 6.07) is 5.80. The highest BCUT2D eigenvalue weighted by atomic mass is 32.2. The molecule has 0 unspecified atom stereocenters. The summed E-state index contributed by atoms with van der Waals surface area (Å²) in [6.45, 7) is -0.171. The number of nitrogens with one attached hydrogen (secondary N) is 1. The van der Waals surface area contributed by atoms with E-state index in [2.05, 4.69) is 4.72 Å². The minimum atomic E-state index is -4.38. The van der Waals surface area contributed by atoms with E-state index in [-0.39, 0.29) is 30.0 Å². The van der Waals surface area contributed by atoms with Gasteiger partial charge in [0, 0.05) is 12.6 Å². The fourth-order valence-corrected chi connectivity index (χ4v) is 3.58. The Bertz CT molecular complexity index is 991. The molecule has 0 saturated heterocycles. The summed E-state index contributed by atoms with van der Waals surface area (Å²) in [4.78, 5) is -1.10. The molecule has 0 aromatic heterocycles. The van der Waals surface area contributed by atoms with E-state index in [0.29, 0.717) is 5.56 Å². The molecule has 0 radical (unpaired) electrons. The summed E-state index contributed by atoms with van der Waals surface area (Å²) in [5, 5.41) is 4.95. The van der Waals surface area contributed by atoms with Crippen LogP contribution in [0.25, 0.3) is 0 Å². The third-order valence-corrected chi connectivity index (χ3v) is 5.63. The lowest BCUT2D eigenvalue weighted by molar-refractivity contribution is 0.481. The molecular formula is C14H13F3N2O4S2. The second-order valence-corrected chi connectivity index (χ2v) is 8.33. The topological polar surface area (TPSA) is 106 Å². The van der Waals surface area contributed by atoms with Crippen LogP contribution in [0.3, 0.4) is 0 Å². The first-order valence-electron chi connectivity index (χ1n) is 6.76. The molecule has 0 aliphatic heterocycles. The zero-order valence-corrected chi connectivity index (χ0v) is 14.2. The summed E-state index contributed by atoms with van der Waals surface area (Å²) in [6.07, 6.45) is 0.148. The molecule has 0 amide bonds. The fraction of sp³-hybridized carbons (Fsp3) is 0.143. The minimum absolute atomic E-state index is 0.0966. The molecule has 0 aliphatic carbocycles. The minimum Gasteiger partial charge on any atom is -0.225 e. The fourth-order valence-electron chi connectivity index (χ4n) is 1.96. The average Bonchev–Trinajstić information content (AvgIpc) is 2.50. The Hall–Kier alpha value is -1.95. The zero-order chi connectivity index (χ0) is 18.8. The van der Waals surface area contributed by atoms with E-state index in [1.54, 1.807) is 0 Å². The number of hydrogen-bond donors (Lipinski definition) is 2. The van der Waals surface area contributed by atoms with Crippen molar-refractivity contribution < 1.29 is 30.0 Å². The Labute approximate surface area is 142 Å². The van der Waals surface area contributed by atoms with Crippen LogP contribution >= 0.6 is 0 Å². The van der Waals surface area contributed by atoms with Crippen LogP contribution in [0.5, 0.6) is 0 Å². The molecule has 0 fully saturated rings. The normalized spacial score (nSPS) is 12.3. The van der Waals surface area contributed by atoms with Crippen molar-refractivity contribution in [1.29, 1.82) is 0 Å². The second kappa shape index (κ2) is 7.12. The van der Waals surface area contributed by atoms with Gasteiger partial charge in [-0.3, -0.25) is 0 Å². The Kier molecular flexibility index (Phi) is 5.52. The van der Waals surface area contributed by atoms with Crippen molar-refractivity contribution in [2.24, 2.45) is 5.14 Å². The van der Waals surface area contributed by atoms with E-state index in [4.69, 9.17) is 5.14 Å². The largest absolute Gasteiger partial charge is 0.243 e. The number of rotatable bonds is 6. The van der Waals surface area contributed by atoms with Gasteiger partial charge in [0.1, 0.15) is 10.7 Å². The molecule has 0 saturated carbocycles. The van der Waals surface area contributed by atoms with E-state index < -0.39 is 42.4 Å². The highest BCUT2D eigenvalue weighted by Crippen LogP contribution is 2.18. The monoisotopic (exact) mass is 394 g/mol. The van der Waals surface area contributed by atoms with Crippen molar-refractivity contribution in [2.45, 2.75) is 16.2 Å². The number of benzene rings is 2. The highest BCUT2D eigenvalue weighted by molar-refractivity contribution is 7.89. The third-order valence-electron chi connectivity index (χ3n) is 3.22. The van der Waals surface area contributed by atoms with E-state index in [9.17, 15) is 30.0 Å². The van der Waals surface area contributed by atoms with Crippen molar-refractivity contribution in [3.05, 3.63) is 59.4 Å².